The third-order valence-corrected chi connectivity index (χ3v) is 3.68. The molecule has 108 valence electrons. The average molecular weight is 357 g/mol. The summed E-state index contributed by atoms with van der Waals surface area (Å²) in [5.74, 6) is -4.92. The minimum atomic E-state index is -1.59. The third kappa shape index (κ3) is 3.34. The van der Waals surface area contributed by atoms with Crippen molar-refractivity contribution >= 4 is 27.5 Å². The lowest BCUT2D eigenvalue weighted by atomic mass is 9.98. The van der Waals surface area contributed by atoms with Crippen LogP contribution in [0.1, 0.15) is 6.42 Å². The first-order valence-electron chi connectivity index (χ1n) is 5.83. The van der Waals surface area contributed by atoms with E-state index in [0.717, 1.165) is 0 Å². The van der Waals surface area contributed by atoms with Crippen LogP contribution in [-0.4, -0.2) is 10.7 Å². The predicted molar refractivity (Wildman–Crippen MR) is 74.1 cm³/mol. The molecule has 0 saturated carbocycles. The van der Waals surface area contributed by atoms with Gasteiger partial charge in [0.1, 0.15) is 0 Å². The molecule has 1 amide bonds. The highest BCUT2D eigenvalue weighted by Crippen LogP contribution is 2.26. The molecule has 0 saturated heterocycles. The van der Waals surface area contributed by atoms with Crippen LogP contribution in [-0.2, 0) is 4.79 Å². The van der Waals surface area contributed by atoms with Gasteiger partial charge in [0, 0.05) is 29.0 Å². The van der Waals surface area contributed by atoms with Gasteiger partial charge >= 0.3 is 0 Å². The van der Waals surface area contributed by atoms with Crippen molar-refractivity contribution in [1.29, 1.82) is 5.26 Å². The van der Waals surface area contributed by atoms with E-state index in [4.69, 9.17) is 5.26 Å². The lowest BCUT2D eigenvalue weighted by Crippen LogP contribution is -2.19. The summed E-state index contributed by atoms with van der Waals surface area (Å²) in [6.07, 6.45) is 3.21. The average Bonchev–Trinajstić information content (AvgIpc) is 2.44. The minimum Gasteiger partial charge on any atom is -0.322 e. The van der Waals surface area contributed by atoms with Crippen LogP contribution < -0.4 is 5.32 Å². The number of anilines is 1. The SMILES string of the molecule is N#CC1=CC=C(C(=O)Nc2cc(F)c(F)c(F)c2)CC1Br. The summed E-state index contributed by atoms with van der Waals surface area (Å²) in [7, 11) is 0. The summed E-state index contributed by atoms with van der Waals surface area (Å²) in [6, 6.07) is 3.37. The van der Waals surface area contributed by atoms with E-state index in [1.807, 2.05) is 6.07 Å². The maximum Gasteiger partial charge on any atom is 0.251 e. The predicted octanol–water partition coefficient (Wildman–Crippen LogP) is 3.59. The normalized spacial score (nSPS) is 17.6. The number of carbonyl (C=O) groups excluding carboxylic acids is 1. The monoisotopic (exact) mass is 356 g/mol. The molecular weight excluding hydrogens is 349 g/mol. The van der Waals surface area contributed by atoms with E-state index >= 15 is 0 Å². The van der Waals surface area contributed by atoms with Gasteiger partial charge in [-0.05, 0) is 12.5 Å². The summed E-state index contributed by atoms with van der Waals surface area (Å²) in [5.41, 5.74) is 0.630. The molecule has 2 rings (SSSR count). The van der Waals surface area contributed by atoms with Gasteiger partial charge in [-0.15, -0.1) is 0 Å². The van der Waals surface area contributed by atoms with Gasteiger partial charge in [0.2, 0.25) is 0 Å². The number of allylic oxidation sites excluding steroid dienone is 3. The maximum atomic E-state index is 13.1. The van der Waals surface area contributed by atoms with Crippen LogP contribution in [0.3, 0.4) is 0 Å². The molecule has 0 radical (unpaired) electrons. The standard InChI is InChI=1S/C14H8BrF3N2O/c15-10-3-7(1-2-8(10)6-19)14(21)20-9-4-11(16)13(18)12(17)5-9/h1-2,4-5,10H,3H2,(H,20,21). The van der Waals surface area contributed by atoms with Crippen LogP contribution in [0, 0.1) is 28.8 Å². The zero-order chi connectivity index (χ0) is 15.6. The molecule has 1 aliphatic rings. The van der Waals surface area contributed by atoms with Gasteiger partial charge in [-0.2, -0.15) is 5.26 Å². The fourth-order valence-corrected chi connectivity index (χ4v) is 2.38. The van der Waals surface area contributed by atoms with Crippen LogP contribution in [0.15, 0.2) is 35.4 Å². The fraction of sp³-hybridized carbons (Fsp3) is 0.143. The zero-order valence-electron chi connectivity index (χ0n) is 10.5. The summed E-state index contributed by atoms with van der Waals surface area (Å²) in [4.78, 5) is 11.7. The van der Waals surface area contributed by atoms with Gasteiger partial charge in [0.25, 0.3) is 5.91 Å². The van der Waals surface area contributed by atoms with Gasteiger partial charge < -0.3 is 5.32 Å². The Morgan fingerprint density at radius 2 is 1.90 bits per heavy atom. The van der Waals surface area contributed by atoms with Gasteiger partial charge in [-0.25, -0.2) is 13.2 Å². The van der Waals surface area contributed by atoms with E-state index < -0.39 is 23.4 Å². The number of nitriles is 1. The lowest BCUT2D eigenvalue weighted by molar-refractivity contribution is -0.113. The van der Waals surface area contributed by atoms with Crippen molar-refractivity contribution < 1.29 is 18.0 Å². The van der Waals surface area contributed by atoms with Crippen molar-refractivity contribution in [2.24, 2.45) is 0 Å². The first-order chi connectivity index (χ1) is 9.92. The highest BCUT2D eigenvalue weighted by molar-refractivity contribution is 9.09. The Kier molecular flexibility index (Phi) is 4.48. The smallest absolute Gasteiger partial charge is 0.251 e. The van der Waals surface area contributed by atoms with E-state index in [-0.39, 0.29) is 16.9 Å². The van der Waals surface area contributed by atoms with E-state index in [0.29, 0.717) is 23.3 Å². The van der Waals surface area contributed by atoms with Gasteiger partial charge in [0.15, 0.2) is 17.5 Å². The van der Waals surface area contributed by atoms with Crippen LogP contribution >= 0.6 is 15.9 Å². The number of amides is 1. The number of nitrogens with zero attached hydrogens (tertiary/aromatic N) is 1. The van der Waals surface area contributed by atoms with Crippen LogP contribution in [0.2, 0.25) is 0 Å². The van der Waals surface area contributed by atoms with E-state index in [2.05, 4.69) is 21.2 Å². The summed E-state index contributed by atoms with van der Waals surface area (Å²) in [5, 5.41) is 11.1. The lowest BCUT2D eigenvalue weighted by Gasteiger charge is -2.16. The Balaban J connectivity index is 2.18. The van der Waals surface area contributed by atoms with Gasteiger partial charge in [-0.1, -0.05) is 22.0 Å². The van der Waals surface area contributed by atoms with E-state index in [9.17, 15) is 18.0 Å². The molecule has 21 heavy (non-hydrogen) atoms. The summed E-state index contributed by atoms with van der Waals surface area (Å²) in [6.45, 7) is 0. The van der Waals surface area contributed by atoms with Crippen molar-refractivity contribution in [3.63, 3.8) is 0 Å². The highest BCUT2D eigenvalue weighted by atomic mass is 79.9. The second-order valence-corrected chi connectivity index (χ2v) is 5.41. The molecule has 0 heterocycles. The Labute approximate surface area is 126 Å². The zero-order valence-corrected chi connectivity index (χ0v) is 12.0. The Morgan fingerprint density at radius 1 is 1.29 bits per heavy atom. The van der Waals surface area contributed by atoms with Crippen molar-refractivity contribution in [2.75, 3.05) is 5.32 Å². The van der Waals surface area contributed by atoms with E-state index in [1.165, 1.54) is 12.2 Å². The number of benzene rings is 1. The molecular formula is C14H8BrF3N2O. The van der Waals surface area contributed by atoms with Gasteiger partial charge in [-0.3, -0.25) is 4.79 Å². The fourth-order valence-electron chi connectivity index (χ4n) is 1.78. The van der Waals surface area contributed by atoms with Crippen molar-refractivity contribution in [1.82, 2.24) is 0 Å². The van der Waals surface area contributed by atoms with Crippen LogP contribution in [0.25, 0.3) is 0 Å². The molecule has 1 aromatic carbocycles. The summed E-state index contributed by atoms with van der Waals surface area (Å²) < 4.78 is 38.9. The largest absolute Gasteiger partial charge is 0.322 e. The molecule has 3 nitrogen and oxygen atoms in total. The van der Waals surface area contributed by atoms with Gasteiger partial charge in [0.05, 0.1) is 10.9 Å². The van der Waals surface area contributed by atoms with Crippen LogP contribution in [0.4, 0.5) is 18.9 Å². The third-order valence-electron chi connectivity index (χ3n) is 2.86. The molecule has 1 aliphatic carbocycles. The molecule has 1 aromatic rings. The molecule has 1 N–H and O–H groups in total. The van der Waals surface area contributed by atoms with Crippen LogP contribution in [0.5, 0.6) is 0 Å². The summed E-state index contributed by atoms with van der Waals surface area (Å²) >= 11 is 3.26. The highest BCUT2D eigenvalue weighted by Gasteiger charge is 2.21. The molecule has 0 spiro atoms. The topological polar surface area (TPSA) is 52.9 Å². The Bertz CT molecular complexity index is 684. The Morgan fingerprint density at radius 3 is 2.43 bits per heavy atom. The number of nitrogens with one attached hydrogen (secondary N) is 1. The van der Waals surface area contributed by atoms with Crippen molar-refractivity contribution in [3.05, 3.63) is 52.9 Å². The first-order valence-corrected chi connectivity index (χ1v) is 6.74. The molecule has 0 bridgehead atoms. The number of alkyl halides is 1. The number of hydrogen-bond acceptors (Lipinski definition) is 2. The number of carbonyl (C=O) groups is 1. The molecule has 0 aromatic heterocycles. The van der Waals surface area contributed by atoms with E-state index in [1.54, 1.807) is 0 Å². The Hall–Kier alpha value is -2.07. The minimum absolute atomic E-state index is 0.182. The molecule has 1 atom stereocenters. The number of halogens is 4. The molecule has 1 unspecified atom stereocenters. The second-order valence-electron chi connectivity index (χ2n) is 4.31. The number of hydrogen-bond donors (Lipinski definition) is 1. The second kappa shape index (κ2) is 6.14. The molecule has 0 aliphatic heterocycles. The molecule has 0 fully saturated rings. The number of rotatable bonds is 2. The van der Waals surface area contributed by atoms with Crippen molar-refractivity contribution in [2.45, 2.75) is 11.2 Å². The molecule has 7 heteroatoms. The first kappa shape index (κ1) is 15.3. The quantitative estimate of drug-likeness (QED) is 0.650. The van der Waals surface area contributed by atoms with Crippen molar-refractivity contribution in [3.8, 4) is 6.07 Å². The maximum absolute atomic E-state index is 13.1.